The Morgan fingerprint density at radius 1 is 1.18 bits per heavy atom. The van der Waals surface area contributed by atoms with Crippen molar-refractivity contribution in [3.63, 3.8) is 0 Å². The van der Waals surface area contributed by atoms with Crippen molar-refractivity contribution in [2.24, 2.45) is 0 Å². The minimum absolute atomic E-state index is 0.123. The number of carbonyl (C=O) groups is 2. The number of aryl methyl sites for hydroxylation is 2. The van der Waals surface area contributed by atoms with Crippen LogP contribution in [0.5, 0.6) is 0 Å². The maximum absolute atomic E-state index is 12.0. The van der Waals surface area contributed by atoms with Crippen LogP contribution in [0.4, 0.5) is 0 Å². The maximum Gasteiger partial charge on any atom is 0.340 e. The highest BCUT2D eigenvalue weighted by Crippen LogP contribution is 2.21. The van der Waals surface area contributed by atoms with Crippen LogP contribution in [-0.2, 0) is 20.7 Å². The summed E-state index contributed by atoms with van der Waals surface area (Å²) >= 11 is 0. The summed E-state index contributed by atoms with van der Waals surface area (Å²) in [6.45, 7) is 8.21. The van der Waals surface area contributed by atoms with Gasteiger partial charge in [0.1, 0.15) is 5.60 Å². The highest BCUT2D eigenvalue weighted by Gasteiger charge is 2.35. The molecule has 2 rings (SSSR count). The van der Waals surface area contributed by atoms with E-state index in [0.29, 0.717) is 18.1 Å². The summed E-state index contributed by atoms with van der Waals surface area (Å²) < 4.78 is 10.8. The minimum Gasteiger partial charge on any atom is -0.458 e. The predicted molar refractivity (Wildman–Crippen MR) is 104 cm³/mol. The average Bonchev–Trinajstić information content (AvgIpc) is 3.06. The van der Waals surface area contributed by atoms with Gasteiger partial charge in [-0.15, -0.1) is 0 Å². The van der Waals surface area contributed by atoms with Gasteiger partial charge < -0.3 is 19.6 Å². The SMILES string of the molecule is Cc1ccc(-c2cnc(CCC(=O)NC[C@@](C)(O)C(=O)OC(C)(C)C)o2)cc1. The summed E-state index contributed by atoms with van der Waals surface area (Å²) in [5, 5.41) is 12.8. The molecule has 0 saturated heterocycles. The van der Waals surface area contributed by atoms with E-state index in [1.807, 2.05) is 31.2 Å². The van der Waals surface area contributed by atoms with E-state index < -0.39 is 17.2 Å². The second-order valence-electron chi connectivity index (χ2n) is 8.04. The number of amides is 1. The molecule has 1 atom stereocenters. The van der Waals surface area contributed by atoms with Crippen molar-refractivity contribution < 1.29 is 23.8 Å². The lowest BCUT2D eigenvalue weighted by Crippen LogP contribution is -2.49. The maximum atomic E-state index is 12.0. The van der Waals surface area contributed by atoms with E-state index in [9.17, 15) is 14.7 Å². The molecule has 7 heteroatoms. The van der Waals surface area contributed by atoms with Gasteiger partial charge in [-0.05, 0) is 34.6 Å². The summed E-state index contributed by atoms with van der Waals surface area (Å²) in [5.74, 6) is -0.0115. The van der Waals surface area contributed by atoms with Crippen molar-refractivity contribution in [3.05, 3.63) is 41.9 Å². The number of benzene rings is 1. The van der Waals surface area contributed by atoms with Crippen LogP contribution < -0.4 is 5.32 Å². The van der Waals surface area contributed by atoms with Crippen molar-refractivity contribution in [2.75, 3.05) is 6.54 Å². The molecule has 0 radical (unpaired) electrons. The zero-order chi connectivity index (χ0) is 20.9. The summed E-state index contributed by atoms with van der Waals surface area (Å²) in [6, 6.07) is 7.87. The summed E-state index contributed by atoms with van der Waals surface area (Å²) in [5.41, 5.74) is -0.444. The van der Waals surface area contributed by atoms with Crippen LogP contribution in [0.15, 0.2) is 34.9 Å². The van der Waals surface area contributed by atoms with Gasteiger partial charge in [-0.25, -0.2) is 9.78 Å². The van der Waals surface area contributed by atoms with Gasteiger partial charge in [0, 0.05) is 18.4 Å². The normalized spacial score (nSPS) is 13.6. The second-order valence-corrected chi connectivity index (χ2v) is 8.04. The highest BCUT2D eigenvalue weighted by atomic mass is 16.6. The smallest absolute Gasteiger partial charge is 0.340 e. The Kier molecular flexibility index (Phi) is 6.61. The summed E-state index contributed by atoms with van der Waals surface area (Å²) in [4.78, 5) is 28.2. The van der Waals surface area contributed by atoms with Crippen molar-refractivity contribution in [1.82, 2.24) is 10.3 Å². The molecule has 2 N–H and O–H groups in total. The fourth-order valence-corrected chi connectivity index (χ4v) is 2.32. The van der Waals surface area contributed by atoms with Crippen LogP contribution in [0.2, 0.25) is 0 Å². The minimum atomic E-state index is -1.80. The molecule has 1 amide bonds. The number of rotatable bonds is 7. The standard InChI is InChI=1S/C21H28N2O5/c1-14-6-8-15(9-7-14)16-12-22-18(27-16)11-10-17(24)23-13-21(5,26)19(25)28-20(2,3)4/h6-9,12,26H,10-11,13H2,1-5H3,(H,23,24)/t21-/m1/s1. The zero-order valence-corrected chi connectivity index (χ0v) is 17.0. The van der Waals surface area contributed by atoms with E-state index in [4.69, 9.17) is 9.15 Å². The number of nitrogens with one attached hydrogen (secondary N) is 1. The fourth-order valence-electron chi connectivity index (χ4n) is 2.32. The third-order valence-electron chi connectivity index (χ3n) is 3.92. The van der Waals surface area contributed by atoms with Crippen LogP contribution in [-0.4, -0.2) is 39.7 Å². The third-order valence-corrected chi connectivity index (χ3v) is 3.92. The monoisotopic (exact) mass is 388 g/mol. The molecule has 0 saturated carbocycles. The van der Waals surface area contributed by atoms with Crippen LogP contribution in [0, 0.1) is 6.92 Å². The lowest BCUT2D eigenvalue weighted by Gasteiger charge is -2.27. The molecule has 0 fully saturated rings. The van der Waals surface area contributed by atoms with Gasteiger partial charge in [0.15, 0.2) is 17.3 Å². The Bertz CT molecular complexity index is 816. The van der Waals surface area contributed by atoms with Gasteiger partial charge >= 0.3 is 5.97 Å². The Morgan fingerprint density at radius 3 is 2.43 bits per heavy atom. The molecule has 0 aliphatic rings. The first-order valence-electron chi connectivity index (χ1n) is 9.20. The molecule has 1 aromatic heterocycles. The number of aliphatic hydroxyl groups is 1. The van der Waals surface area contributed by atoms with Crippen LogP contribution in [0.1, 0.15) is 45.6 Å². The Morgan fingerprint density at radius 2 is 1.82 bits per heavy atom. The average molecular weight is 388 g/mol. The number of hydrogen-bond acceptors (Lipinski definition) is 6. The van der Waals surface area contributed by atoms with Gasteiger partial charge in [0.05, 0.1) is 12.7 Å². The number of oxazole rings is 1. The van der Waals surface area contributed by atoms with E-state index in [2.05, 4.69) is 10.3 Å². The first-order valence-corrected chi connectivity index (χ1v) is 9.20. The van der Waals surface area contributed by atoms with E-state index >= 15 is 0 Å². The zero-order valence-electron chi connectivity index (χ0n) is 17.0. The molecule has 1 heterocycles. The van der Waals surface area contributed by atoms with Crippen molar-refractivity contribution in [1.29, 1.82) is 0 Å². The van der Waals surface area contributed by atoms with Gasteiger partial charge in [-0.2, -0.15) is 0 Å². The van der Waals surface area contributed by atoms with Gasteiger partial charge in [-0.3, -0.25) is 4.79 Å². The summed E-state index contributed by atoms with van der Waals surface area (Å²) in [7, 11) is 0. The molecule has 0 spiro atoms. The van der Waals surface area contributed by atoms with Crippen molar-refractivity contribution in [2.45, 2.75) is 58.7 Å². The highest BCUT2D eigenvalue weighted by molar-refractivity contribution is 5.81. The predicted octanol–water partition coefficient (Wildman–Crippen LogP) is 2.79. The quantitative estimate of drug-likeness (QED) is 0.707. The molecule has 1 aromatic carbocycles. The first-order chi connectivity index (χ1) is 13.0. The van der Waals surface area contributed by atoms with Crippen molar-refractivity contribution >= 4 is 11.9 Å². The molecule has 2 aromatic rings. The van der Waals surface area contributed by atoms with E-state index in [1.165, 1.54) is 6.92 Å². The van der Waals surface area contributed by atoms with Crippen LogP contribution in [0.25, 0.3) is 11.3 Å². The molecule has 0 unspecified atom stereocenters. The van der Waals surface area contributed by atoms with Gasteiger partial charge in [0.25, 0.3) is 0 Å². The number of esters is 1. The van der Waals surface area contributed by atoms with Crippen LogP contribution in [0.3, 0.4) is 0 Å². The summed E-state index contributed by atoms with van der Waals surface area (Å²) in [6.07, 6.45) is 2.07. The third kappa shape index (κ3) is 6.49. The lowest BCUT2D eigenvalue weighted by molar-refractivity contribution is -0.174. The lowest BCUT2D eigenvalue weighted by atomic mass is 10.1. The number of ether oxygens (including phenoxy) is 1. The molecular weight excluding hydrogens is 360 g/mol. The molecular formula is C21H28N2O5. The number of hydrogen-bond donors (Lipinski definition) is 2. The van der Waals surface area contributed by atoms with Crippen LogP contribution >= 0.6 is 0 Å². The molecule has 0 bridgehead atoms. The Balaban J connectivity index is 1.83. The molecule has 152 valence electrons. The molecule has 7 nitrogen and oxygen atoms in total. The Labute approximate surface area is 165 Å². The topological polar surface area (TPSA) is 102 Å². The van der Waals surface area contributed by atoms with Gasteiger partial charge in [0.2, 0.25) is 5.91 Å². The number of carbonyl (C=O) groups excluding carboxylic acids is 2. The largest absolute Gasteiger partial charge is 0.458 e. The van der Waals surface area contributed by atoms with Crippen molar-refractivity contribution in [3.8, 4) is 11.3 Å². The van der Waals surface area contributed by atoms with E-state index in [-0.39, 0.29) is 18.9 Å². The fraction of sp³-hybridized carbons (Fsp3) is 0.476. The van der Waals surface area contributed by atoms with Gasteiger partial charge in [-0.1, -0.05) is 29.8 Å². The van der Waals surface area contributed by atoms with E-state index in [1.54, 1.807) is 27.0 Å². The molecule has 0 aliphatic heterocycles. The Hall–Kier alpha value is -2.67. The number of nitrogens with zero attached hydrogens (tertiary/aromatic N) is 1. The van der Waals surface area contributed by atoms with E-state index in [0.717, 1.165) is 11.1 Å². The molecule has 0 aliphatic carbocycles. The number of aromatic nitrogens is 1. The second kappa shape index (κ2) is 8.56. The first kappa shape index (κ1) is 21.6. The molecule has 28 heavy (non-hydrogen) atoms.